The molecule has 0 aliphatic heterocycles. The Balaban J connectivity index is 4.26. The highest BCUT2D eigenvalue weighted by molar-refractivity contribution is 5.86. The van der Waals surface area contributed by atoms with Gasteiger partial charge in [-0.15, -0.1) is 0 Å². The van der Waals surface area contributed by atoms with Crippen molar-refractivity contribution in [2.24, 2.45) is 16.3 Å². The van der Waals surface area contributed by atoms with Crippen LogP contribution in [0.1, 0.15) is 34.1 Å². The first-order chi connectivity index (χ1) is 7.64. The summed E-state index contributed by atoms with van der Waals surface area (Å²) in [6.45, 7) is 7.54. The van der Waals surface area contributed by atoms with Gasteiger partial charge in [-0.05, 0) is 13.8 Å². The Labute approximate surface area is 102 Å². The molecule has 0 aliphatic rings. The minimum absolute atomic E-state index is 0.0869. The summed E-state index contributed by atoms with van der Waals surface area (Å²) in [6, 6.07) is 0. The van der Waals surface area contributed by atoms with Gasteiger partial charge in [0.2, 0.25) is 5.91 Å². The van der Waals surface area contributed by atoms with Gasteiger partial charge in [-0.25, -0.2) is 0 Å². The fourth-order valence-electron chi connectivity index (χ4n) is 1.07. The van der Waals surface area contributed by atoms with E-state index in [0.717, 1.165) is 0 Å². The second-order valence-electron chi connectivity index (χ2n) is 5.29. The van der Waals surface area contributed by atoms with Gasteiger partial charge < -0.3 is 21.0 Å². The van der Waals surface area contributed by atoms with Crippen LogP contribution in [-0.4, -0.2) is 36.2 Å². The van der Waals surface area contributed by atoms with Crippen LogP contribution in [0.15, 0.2) is 5.16 Å². The monoisotopic (exact) mass is 245 g/mol. The van der Waals surface area contributed by atoms with Crippen LogP contribution in [0.3, 0.4) is 0 Å². The number of oxime groups is 1. The minimum atomic E-state index is -0.582. The third-order valence-corrected chi connectivity index (χ3v) is 2.67. The normalized spacial score (nSPS) is 13.6. The third-order valence-electron chi connectivity index (χ3n) is 2.67. The van der Waals surface area contributed by atoms with Crippen molar-refractivity contribution >= 4 is 11.7 Å². The number of nitrogens with one attached hydrogen (secondary N) is 1. The molecule has 0 radical (unpaired) electrons. The van der Waals surface area contributed by atoms with Gasteiger partial charge in [0.15, 0.2) is 0 Å². The molecule has 0 bridgehead atoms. The van der Waals surface area contributed by atoms with E-state index in [2.05, 4.69) is 10.5 Å². The highest BCUT2D eigenvalue weighted by Gasteiger charge is 2.26. The van der Waals surface area contributed by atoms with E-state index < -0.39 is 11.0 Å². The summed E-state index contributed by atoms with van der Waals surface area (Å²) in [7, 11) is 1.56. The Morgan fingerprint density at radius 3 is 2.35 bits per heavy atom. The lowest BCUT2D eigenvalue weighted by atomic mass is 9.92. The molecular weight excluding hydrogens is 222 g/mol. The molecule has 0 atom stereocenters. The first-order valence-electron chi connectivity index (χ1n) is 5.44. The van der Waals surface area contributed by atoms with Crippen molar-refractivity contribution < 1.29 is 14.7 Å². The van der Waals surface area contributed by atoms with Crippen LogP contribution in [-0.2, 0) is 9.53 Å². The van der Waals surface area contributed by atoms with Crippen LogP contribution in [0.25, 0.3) is 0 Å². The molecule has 0 rings (SSSR count). The Kier molecular flexibility index (Phi) is 5.41. The van der Waals surface area contributed by atoms with Crippen molar-refractivity contribution in [3.8, 4) is 0 Å². The van der Waals surface area contributed by atoms with E-state index in [9.17, 15) is 4.79 Å². The predicted octanol–water partition coefficient (Wildman–Crippen LogP) is 0.690. The van der Waals surface area contributed by atoms with Crippen molar-refractivity contribution in [1.29, 1.82) is 0 Å². The molecule has 0 saturated carbocycles. The van der Waals surface area contributed by atoms with E-state index in [0.29, 0.717) is 6.54 Å². The fraction of sp³-hybridized carbons (Fsp3) is 0.818. The second-order valence-corrected chi connectivity index (χ2v) is 5.29. The van der Waals surface area contributed by atoms with Crippen LogP contribution in [0.4, 0.5) is 0 Å². The highest BCUT2D eigenvalue weighted by atomic mass is 16.5. The number of nitrogens with zero attached hydrogens (tertiary/aromatic N) is 1. The standard InChI is InChI=1S/C11H23N3O3/c1-10(2,9(12)14-16)7-13-8(15)6-11(3,4)17-5/h16H,6-7H2,1-5H3,(H2,12,14)(H,13,15). The van der Waals surface area contributed by atoms with Gasteiger partial charge in [-0.3, -0.25) is 4.79 Å². The molecule has 100 valence electrons. The molecule has 0 fully saturated rings. The summed E-state index contributed by atoms with van der Waals surface area (Å²) in [5.74, 6) is -0.0422. The number of nitrogens with two attached hydrogens (primary N) is 1. The lowest BCUT2D eigenvalue weighted by molar-refractivity contribution is -0.126. The topological polar surface area (TPSA) is 96.9 Å². The molecule has 0 aromatic carbocycles. The van der Waals surface area contributed by atoms with Crippen LogP contribution in [0.2, 0.25) is 0 Å². The number of amides is 1. The minimum Gasteiger partial charge on any atom is -0.409 e. The van der Waals surface area contributed by atoms with Crippen LogP contribution >= 0.6 is 0 Å². The molecule has 0 unspecified atom stereocenters. The first kappa shape index (κ1) is 15.7. The molecule has 0 aromatic rings. The predicted molar refractivity (Wildman–Crippen MR) is 65.9 cm³/mol. The van der Waals surface area contributed by atoms with E-state index in [1.807, 2.05) is 13.8 Å². The largest absolute Gasteiger partial charge is 0.409 e. The number of amidine groups is 1. The van der Waals surface area contributed by atoms with Gasteiger partial charge in [-0.1, -0.05) is 19.0 Å². The average molecular weight is 245 g/mol. The number of methoxy groups -OCH3 is 1. The second kappa shape index (κ2) is 5.86. The molecular formula is C11H23N3O3. The van der Waals surface area contributed by atoms with Gasteiger partial charge in [0, 0.05) is 19.1 Å². The van der Waals surface area contributed by atoms with E-state index in [-0.39, 0.29) is 18.2 Å². The number of ether oxygens (including phenoxy) is 1. The summed E-state index contributed by atoms with van der Waals surface area (Å²) < 4.78 is 5.16. The molecule has 6 heteroatoms. The molecule has 0 saturated heterocycles. The van der Waals surface area contributed by atoms with Crippen molar-refractivity contribution in [3.63, 3.8) is 0 Å². The summed E-state index contributed by atoms with van der Waals surface area (Å²) in [5, 5.41) is 14.3. The Morgan fingerprint density at radius 1 is 1.41 bits per heavy atom. The molecule has 0 heterocycles. The number of hydrogen-bond acceptors (Lipinski definition) is 4. The lowest BCUT2D eigenvalue weighted by Gasteiger charge is -2.25. The summed E-state index contributed by atoms with van der Waals surface area (Å²) in [4.78, 5) is 11.6. The van der Waals surface area contributed by atoms with Crippen LogP contribution < -0.4 is 11.1 Å². The van der Waals surface area contributed by atoms with E-state index in [1.54, 1.807) is 21.0 Å². The molecule has 0 aliphatic carbocycles. The molecule has 4 N–H and O–H groups in total. The van der Waals surface area contributed by atoms with Gasteiger partial charge >= 0.3 is 0 Å². The van der Waals surface area contributed by atoms with Gasteiger partial charge in [0.05, 0.1) is 12.0 Å². The smallest absolute Gasteiger partial charge is 0.222 e. The zero-order valence-electron chi connectivity index (χ0n) is 11.2. The van der Waals surface area contributed by atoms with Crippen molar-refractivity contribution in [2.45, 2.75) is 39.7 Å². The maximum atomic E-state index is 11.6. The molecule has 6 nitrogen and oxygen atoms in total. The Morgan fingerprint density at radius 2 is 1.94 bits per heavy atom. The maximum Gasteiger partial charge on any atom is 0.222 e. The molecule has 0 aromatic heterocycles. The number of carbonyl (C=O) groups is 1. The van der Waals surface area contributed by atoms with Gasteiger partial charge in [0.25, 0.3) is 0 Å². The Bertz CT molecular complexity index is 298. The van der Waals surface area contributed by atoms with Crippen molar-refractivity contribution in [3.05, 3.63) is 0 Å². The van der Waals surface area contributed by atoms with Crippen LogP contribution in [0, 0.1) is 5.41 Å². The number of hydrogen-bond donors (Lipinski definition) is 3. The number of carbonyl (C=O) groups excluding carboxylic acids is 1. The van der Waals surface area contributed by atoms with E-state index >= 15 is 0 Å². The third kappa shape index (κ3) is 5.53. The zero-order valence-corrected chi connectivity index (χ0v) is 11.2. The summed E-state index contributed by atoms with van der Waals surface area (Å²) >= 11 is 0. The van der Waals surface area contributed by atoms with Gasteiger partial charge in [-0.2, -0.15) is 0 Å². The zero-order chi connectivity index (χ0) is 13.7. The first-order valence-corrected chi connectivity index (χ1v) is 5.44. The Hall–Kier alpha value is -1.30. The van der Waals surface area contributed by atoms with Crippen molar-refractivity contribution in [1.82, 2.24) is 5.32 Å². The summed E-state index contributed by atoms with van der Waals surface area (Å²) in [6.07, 6.45) is 0.260. The van der Waals surface area contributed by atoms with Crippen LogP contribution in [0.5, 0.6) is 0 Å². The lowest BCUT2D eigenvalue weighted by Crippen LogP contribution is -2.44. The quantitative estimate of drug-likeness (QED) is 0.277. The maximum absolute atomic E-state index is 11.6. The molecule has 0 spiro atoms. The van der Waals surface area contributed by atoms with E-state index in [1.165, 1.54) is 0 Å². The molecule has 17 heavy (non-hydrogen) atoms. The summed E-state index contributed by atoms with van der Waals surface area (Å²) in [5.41, 5.74) is 4.44. The van der Waals surface area contributed by atoms with Crippen molar-refractivity contribution in [2.75, 3.05) is 13.7 Å². The SMILES string of the molecule is COC(C)(C)CC(=O)NCC(C)(C)C(N)=NO. The number of rotatable bonds is 6. The molecule has 1 amide bonds. The van der Waals surface area contributed by atoms with E-state index in [4.69, 9.17) is 15.7 Å². The highest BCUT2D eigenvalue weighted by Crippen LogP contribution is 2.15. The van der Waals surface area contributed by atoms with Gasteiger partial charge in [0.1, 0.15) is 5.84 Å². The average Bonchev–Trinajstić information content (AvgIpc) is 2.25. The fourth-order valence-corrected chi connectivity index (χ4v) is 1.07.